The molecule has 0 radical (unpaired) electrons. The summed E-state index contributed by atoms with van der Waals surface area (Å²) in [5, 5.41) is 12.5. The third-order valence-corrected chi connectivity index (χ3v) is 3.34. The predicted molar refractivity (Wildman–Crippen MR) is 74.9 cm³/mol. The average molecular weight is 289 g/mol. The first-order valence-corrected chi connectivity index (χ1v) is 7.24. The maximum atomic E-state index is 11.3. The quantitative estimate of drug-likeness (QED) is 0.493. The van der Waals surface area contributed by atoms with Gasteiger partial charge in [-0.2, -0.15) is 0 Å². The Morgan fingerprint density at radius 2 is 1.80 bits per heavy atom. The van der Waals surface area contributed by atoms with E-state index in [2.05, 4.69) is 5.32 Å². The minimum absolute atomic E-state index is 0.381. The summed E-state index contributed by atoms with van der Waals surface area (Å²) in [7, 11) is 1.63. The van der Waals surface area contributed by atoms with Crippen LogP contribution in [-0.4, -0.2) is 62.8 Å². The molecule has 0 amide bonds. The summed E-state index contributed by atoms with van der Waals surface area (Å²) < 4.78 is 15.5. The largest absolute Gasteiger partial charge is 0.480 e. The first-order valence-electron chi connectivity index (χ1n) is 7.24. The van der Waals surface area contributed by atoms with Gasteiger partial charge in [-0.3, -0.25) is 10.1 Å². The molecule has 2 N–H and O–H groups in total. The maximum Gasteiger partial charge on any atom is 0.323 e. The van der Waals surface area contributed by atoms with E-state index in [0.29, 0.717) is 45.5 Å². The van der Waals surface area contributed by atoms with Crippen LogP contribution in [0.25, 0.3) is 0 Å². The lowest BCUT2D eigenvalue weighted by Gasteiger charge is -2.26. The number of methoxy groups -OCH3 is 1. The smallest absolute Gasteiger partial charge is 0.323 e. The van der Waals surface area contributed by atoms with E-state index in [0.717, 1.165) is 19.3 Å². The average Bonchev–Trinajstić information content (AvgIpc) is 3.20. The van der Waals surface area contributed by atoms with Gasteiger partial charge in [0.1, 0.15) is 5.54 Å². The lowest BCUT2D eigenvalue weighted by Crippen LogP contribution is -2.50. The van der Waals surface area contributed by atoms with Gasteiger partial charge in [0, 0.05) is 19.8 Å². The maximum absolute atomic E-state index is 11.3. The second-order valence-electron chi connectivity index (χ2n) is 5.38. The molecular formula is C14H27NO5. The first kappa shape index (κ1) is 17.4. The zero-order valence-electron chi connectivity index (χ0n) is 12.5. The lowest BCUT2D eigenvalue weighted by molar-refractivity contribution is -0.144. The number of ether oxygens (including phenoxy) is 3. The Bertz CT molecular complexity index is 283. The Morgan fingerprint density at radius 3 is 2.35 bits per heavy atom. The minimum Gasteiger partial charge on any atom is -0.480 e. The zero-order valence-corrected chi connectivity index (χ0v) is 12.5. The van der Waals surface area contributed by atoms with Crippen LogP contribution in [0.3, 0.4) is 0 Å². The Hall–Kier alpha value is -0.690. The van der Waals surface area contributed by atoms with Gasteiger partial charge >= 0.3 is 5.97 Å². The summed E-state index contributed by atoms with van der Waals surface area (Å²) in [4.78, 5) is 11.3. The molecule has 0 aliphatic heterocycles. The van der Waals surface area contributed by atoms with Gasteiger partial charge in [0.25, 0.3) is 0 Å². The summed E-state index contributed by atoms with van der Waals surface area (Å²) in [5.41, 5.74) is -0.834. The Labute approximate surface area is 120 Å². The molecule has 0 aromatic carbocycles. The molecule has 1 atom stereocenters. The van der Waals surface area contributed by atoms with Gasteiger partial charge in [-0.1, -0.05) is 0 Å². The topological polar surface area (TPSA) is 77.0 Å². The lowest BCUT2D eigenvalue weighted by atomic mass is 9.96. The number of rotatable bonds is 13. The molecule has 118 valence electrons. The summed E-state index contributed by atoms with van der Waals surface area (Å²) in [6.45, 7) is 4.54. The van der Waals surface area contributed by atoms with Gasteiger partial charge < -0.3 is 19.3 Å². The van der Waals surface area contributed by atoms with Crippen molar-refractivity contribution in [2.45, 2.75) is 44.2 Å². The SMILES string of the molecule is COCCOCCOCCCC(C)(NC1CC1)C(=O)O. The van der Waals surface area contributed by atoms with Crippen molar-refractivity contribution in [1.82, 2.24) is 5.32 Å². The molecule has 1 rings (SSSR count). The highest BCUT2D eigenvalue weighted by Crippen LogP contribution is 2.25. The van der Waals surface area contributed by atoms with Crippen molar-refractivity contribution in [1.29, 1.82) is 0 Å². The summed E-state index contributed by atoms with van der Waals surface area (Å²) >= 11 is 0. The molecule has 20 heavy (non-hydrogen) atoms. The van der Waals surface area contributed by atoms with E-state index in [1.54, 1.807) is 14.0 Å². The van der Waals surface area contributed by atoms with Gasteiger partial charge in [-0.05, 0) is 32.6 Å². The number of hydrogen-bond donors (Lipinski definition) is 2. The van der Waals surface area contributed by atoms with Crippen LogP contribution in [0.2, 0.25) is 0 Å². The monoisotopic (exact) mass is 289 g/mol. The van der Waals surface area contributed by atoms with Crippen molar-refractivity contribution >= 4 is 5.97 Å². The van der Waals surface area contributed by atoms with Crippen LogP contribution in [0.15, 0.2) is 0 Å². The van der Waals surface area contributed by atoms with Crippen molar-refractivity contribution in [2.75, 3.05) is 40.1 Å². The van der Waals surface area contributed by atoms with Gasteiger partial charge in [0.15, 0.2) is 0 Å². The molecule has 0 aromatic heterocycles. The molecule has 1 aliphatic carbocycles. The fourth-order valence-electron chi connectivity index (χ4n) is 1.91. The van der Waals surface area contributed by atoms with E-state index in [4.69, 9.17) is 14.2 Å². The van der Waals surface area contributed by atoms with E-state index in [9.17, 15) is 9.90 Å². The van der Waals surface area contributed by atoms with Gasteiger partial charge in [0.05, 0.1) is 26.4 Å². The van der Waals surface area contributed by atoms with E-state index in [1.807, 2.05) is 0 Å². The molecule has 6 heteroatoms. The number of carboxylic acids is 1. The highest BCUT2D eigenvalue weighted by atomic mass is 16.5. The van der Waals surface area contributed by atoms with Gasteiger partial charge in [-0.15, -0.1) is 0 Å². The highest BCUT2D eigenvalue weighted by Gasteiger charge is 2.37. The normalized spacial score (nSPS) is 17.9. The van der Waals surface area contributed by atoms with E-state index in [-0.39, 0.29) is 0 Å². The number of nitrogens with one attached hydrogen (secondary N) is 1. The van der Waals surface area contributed by atoms with Crippen LogP contribution in [-0.2, 0) is 19.0 Å². The first-order chi connectivity index (χ1) is 9.58. The van der Waals surface area contributed by atoms with Crippen LogP contribution in [0.4, 0.5) is 0 Å². The third-order valence-electron chi connectivity index (χ3n) is 3.34. The standard InChI is InChI=1S/C14H27NO5/c1-14(13(16)17,15-12-4-5-12)6-3-7-19-10-11-20-9-8-18-2/h12,15H,3-11H2,1-2H3,(H,16,17). The third kappa shape index (κ3) is 7.19. The molecule has 1 fully saturated rings. The van der Waals surface area contributed by atoms with Crippen LogP contribution in [0.1, 0.15) is 32.6 Å². The molecule has 6 nitrogen and oxygen atoms in total. The molecule has 0 spiro atoms. The van der Waals surface area contributed by atoms with Crippen molar-refractivity contribution < 1.29 is 24.1 Å². The molecule has 1 unspecified atom stereocenters. The summed E-state index contributed by atoms with van der Waals surface area (Å²) in [5.74, 6) is -0.785. The second-order valence-corrected chi connectivity index (χ2v) is 5.38. The number of hydrogen-bond acceptors (Lipinski definition) is 5. The van der Waals surface area contributed by atoms with Crippen LogP contribution < -0.4 is 5.32 Å². The summed E-state index contributed by atoms with van der Waals surface area (Å²) in [6, 6.07) is 0.381. The Balaban J connectivity index is 2.01. The molecule has 1 aliphatic rings. The van der Waals surface area contributed by atoms with Crippen molar-refractivity contribution in [3.05, 3.63) is 0 Å². The number of carbonyl (C=O) groups is 1. The second kappa shape index (κ2) is 9.28. The van der Waals surface area contributed by atoms with Crippen molar-refractivity contribution in [3.8, 4) is 0 Å². The van der Waals surface area contributed by atoms with Gasteiger partial charge in [-0.25, -0.2) is 0 Å². The molecule has 0 saturated heterocycles. The molecule has 0 heterocycles. The Kier molecular flexibility index (Phi) is 8.06. The van der Waals surface area contributed by atoms with Crippen molar-refractivity contribution in [3.63, 3.8) is 0 Å². The van der Waals surface area contributed by atoms with Crippen LogP contribution in [0.5, 0.6) is 0 Å². The van der Waals surface area contributed by atoms with Crippen LogP contribution in [0, 0.1) is 0 Å². The number of carboxylic acid groups (broad SMARTS) is 1. The predicted octanol–water partition coefficient (Wildman–Crippen LogP) is 1.04. The Morgan fingerprint density at radius 1 is 1.20 bits per heavy atom. The number of aliphatic carboxylic acids is 1. The van der Waals surface area contributed by atoms with Crippen LogP contribution >= 0.6 is 0 Å². The zero-order chi connectivity index (χ0) is 14.8. The van der Waals surface area contributed by atoms with Gasteiger partial charge in [0.2, 0.25) is 0 Å². The molecule has 1 saturated carbocycles. The highest BCUT2D eigenvalue weighted by molar-refractivity contribution is 5.78. The van der Waals surface area contributed by atoms with Crippen molar-refractivity contribution in [2.24, 2.45) is 0 Å². The minimum atomic E-state index is -0.834. The fourth-order valence-corrected chi connectivity index (χ4v) is 1.91. The molecule has 0 aromatic rings. The molecular weight excluding hydrogens is 262 g/mol. The van der Waals surface area contributed by atoms with E-state index in [1.165, 1.54) is 0 Å². The fraction of sp³-hybridized carbons (Fsp3) is 0.929. The summed E-state index contributed by atoms with van der Waals surface area (Å²) in [6.07, 6.45) is 3.46. The molecule has 0 bridgehead atoms. The van der Waals surface area contributed by atoms with E-state index >= 15 is 0 Å². The van der Waals surface area contributed by atoms with E-state index < -0.39 is 11.5 Å².